The van der Waals surface area contributed by atoms with E-state index >= 15 is 0 Å². The van der Waals surface area contributed by atoms with Crippen LogP contribution in [0.1, 0.15) is 23.7 Å². The van der Waals surface area contributed by atoms with Crippen LogP contribution >= 0.6 is 0 Å². The predicted octanol–water partition coefficient (Wildman–Crippen LogP) is 2.71. The van der Waals surface area contributed by atoms with Crippen LogP contribution in [0.3, 0.4) is 0 Å². The molecule has 4 rings (SSSR count). The van der Waals surface area contributed by atoms with E-state index in [1.54, 1.807) is 12.1 Å². The summed E-state index contributed by atoms with van der Waals surface area (Å²) in [5.41, 5.74) is 9.11. The molecule has 4 aromatic rings. The Kier molecular flexibility index (Phi) is 10.8. The van der Waals surface area contributed by atoms with Crippen LogP contribution in [0.4, 0.5) is 11.6 Å². The van der Waals surface area contributed by atoms with E-state index in [9.17, 15) is 4.79 Å². The molecule has 3 aromatic heterocycles. The number of aryl methyl sites for hydroxylation is 1. The summed E-state index contributed by atoms with van der Waals surface area (Å²) in [5.74, 6) is 0.276. The highest BCUT2D eigenvalue weighted by Crippen LogP contribution is 2.27. The molecule has 5 N–H and O–H groups in total. The molecule has 1 aromatic carbocycles. The van der Waals surface area contributed by atoms with Crippen LogP contribution in [0.25, 0.3) is 22.3 Å². The molecule has 0 atom stereocenters. The number of nitrogens with one attached hydrogen (secondary N) is 3. The molecule has 0 bridgehead atoms. The van der Waals surface area contributed by atoms with Crippen molar-refractivity contribution in [2.45, 2.75) is 19.9 Å². The lowest BCUT2D eigenvalue weighted by molar-refractivity contribution is 0.0166. The highest BCUT2D eigenvalue weighted by atomic mass is 16.5. The number of aromatic amines is 1. The van der Waals surface area contributed by atoms with Gasteiger partial charge in [0.1, 0.15) is 5.65 Å². The first-order chi connectivity index (χ1) is 19.2. The molecule has 0 aliphatic heterocycles. The number of benzene rings is 1. The third kappa shape index (κ3) is 8.32. The van der Waals surface area contributed by atoms with E-state index in [-0.39, 0.29) is 5.91 Å². The Balaban J connectivity index is 1.25. The number of rotatable bonds is 17. The van der Waals surface area contributed by atoms with Gasteiger partial charge in [-0.2, -0.15) is 10.1 Å². The van der Waals surface area contributed by atoms with E-state index in [4.69, 9.17) is 24.9 Å². The van der Waals surface area contributed by atoms with Crippen LogP contribution in [-0.4, -0.2) is 83.4 Å². The zero-order valence-electron chi connectivity index (χ0n) is 22.2. The summed E-state index contributed by atoms with van der Waals surface area (Å²) in [6.45, 7) is 6.75. The molecule has 208 valence electrons. The zero-order chi connectivity index (χ0) is 27.3. The topological polar surface area (TPSA) is 154 Å². The van der Waals surface area contributed by atoms with Gasteiger partial charge in [0, 0.05) is 54.2 Å². The summed E-state index contributed by atoms with van der Waals surface area (Å²) in [5, 5.41) is 11.5. The van der Waals surface area contributed by atoms with Crippen LogP contribution in [0.15, 0.2) is 48.9 Å². The maximum Gasteiger partial charge on any atom is 0.251 e. The van der Waals surface area contributed by atoms with Crippen molar-refractivity contribution in [1.29, 1.82) is 0 Å². The van der Waals surface area contributed by atoms with Gasteiger partial charge in [0.2, 0.25) is 5.95 Å². The third-order valence-electron chi connectivity index (χ3n) is 5.72. The van der Waals surface area contributed by atoms with Crippen molar-refractivity contribution in [2.24, 2.45) is 5.73 Å². The minimum atomic E-state index is -0.172. The fourth-order valence-corrected chi connectivity index (χ4v) is 3.85. The lowest BCUT2D eigenvalue weighted by Gasteiger charge is -2.09. The third-order valence-corrected chi connectivity index (χ3v) is 5.72. The van der Waals surface area contributed by atoms with E-state index in [0.29, 0.717) is 64.2 Å². The average Bonchev–Trinajstić information content (AvgIpc) is 3.62. The first kappa shape index (κ1) is 28.2. The molecule has 1 amide bonds. The SMILES string of the molecule is CCCn1cc(-c2nc(Nc3ccc(C(=O)NCCOCCOCCOCCN)cc3)nc3[nH]ccc23)cn1. The summed E-state index contributed by atoms with van der Waals surface area (Å²) in [7, 11) is 0. The molecule has 3 heterocycles. The van der Waals surface area contributed by atoms with Crippen molar-refractivity contribution < 1.29 is 19.0 Å². The summed E-state index contributed by atoms with van der Waals surface area (Å²) < 4.78 is 18.0. The first-order valence-corrected chi connectivity index (χ1v) is 13.1. The second-order valence-electron chi connectivity index (χ2n) is 8.71. The van der Waals surface area contributed by atoms with Crippen molar-refractivity contribution in [3.63, 3.8) is 0 Å². The molecule has 39 heavy (non-hydrogen) atoms. The number of aromatic nitrogens is 5. The van der Waals surface area contributed by atoms with E-state index in [1.165, 1.54) is 0 Å². The van der Waals surface area contributed by atoms with Gasteiger partial charge < -0.3 is 35.6 Å². The highest BCUT2D eigenvalue weighted by molar-refractivity contribution is 5.94. The zero-order valence-corrected chi connectivity index (χ0v) is 22.2. The van der Waals surface area contributed by atoms with Crippen LogP contribution in [0, 0.1) is 0 Å². The fourth-order valence-electron chi connectivity index (χ4n) is 3.85. The van der Waals surface area contributed by atoms with E-state index < -0.39 is 0 Å². The molecule has 12 nitrogen and oxygen atoms in total. The Hall–Kier alpha value is -3.84. The maximum atomic E-state index is 12.5. The van der Waals surface area contributed by atoms with Crippen molar-refractivity contribution in [1.82, 2.24) is 30.0 Å². The van der Waals surface area contributed by atoms with Crippen LogP contribution in [0.5, 0.6) is 0 Å². The minimum Gasteiger partial charge on any atom is -0.378 e. The van der Waals surface area contributed by atoms with Gasteiger partial charge in [-0.15, -0.1) is 0 Å². The molecular weight excluding hydrogens is 500 g/mol. The Morgan fingerprint density at radius 3 is 2.49 bits per heavy atom. The van der Waals surface area contributed by atoms with Gasteiger partial charge in [0.15, 0.2) is 0 Å². The summed E-state index contributed by atoms with van der Waals surface area (Å²) in [6.07, 6.45) is 6.66. The van der Waals surface area contributed by atoms with Crippen LogP contribution < -0.4 is 16.4 Å². The number of fused-ring (bicyclic) bond motifs is 1. The first-order valence-electron chi connectivity index (χ1n) is 13.1. The normalized spacial score (nSPS) is 11.2. The second kappa shape index (κ2) is 14.9. The van der Waals surface area contributed by atoms with Gasteiger partial charge in [-0.05, 0) is 36.8 Å². The van der Waals surface area contributed by atoms with Crippen molar-refractivity contribution in [3.8, 4) is 11.3 Å². The Morgan fingerprint density at radius 2 is 1.74 bits per heavy atom. The second-order valence-corrected chi connectivity index (χ2v) is 8.71. The maximum absolute atomic E-state index is 12.5. The minimum absolute atomic E-state index is 0.172. The van der Waals surface area contributed by atoms with Gasteiger partial charge in [-0.3, -0.25) is 9.48 Å². The van der Waals surface area contributed by atoms with Gasteiger partial charge >= 0.3 is 0 Å². The number of nitrogens with two attached hydrogens (primary N) is 1. The molecule has 0 saturated heterocycles. The highest BCUT2D eigenvalue weighted by Gasteiger charge is 2.13. The Bertz CT molecular complexity index is 1300. The number of hydrogen-bond acceptors (Lipinski definition) is 9. The van der Waals surface area contributed by atoms with Gasteiger partial charge in [0.05, 0.1) is 51.5 Å². The number of H-pyrrole nitrogens is 1. The molecule has 0 aliphatic rings. The molecular formula is C27H36N8O4. The lowest BCUT2D eigenvalue weighted by atomic mass is 10.2. The number of ether oxygens (including phenoxy) is 3. The lowest BCUT2D eigenvalue weighted by Crippen LogP contribution is -2.27. The summed E-state index contributed by atoms with van der Waals surface area (Å²) >= 11 is 0. The molecule has 0 radical (unpaired) electrons. The number of anilines is 2. The van der Waals surface area contributed by atoms with Gasteiger partial charge in [-0.1, -0.05) is 6.92 Å². The number of amides is 1. The summed E-state index contributed by atoms with van der Waals surface area (Å²) in [6, 6.07) is 9.10. The van der Waals surface area contributed by atoms with E-state index in [0.717, 1.165) is 40.9 Å². The fraction of sp³-hybridized carbons (Fsp3) is 0.407. The molecule has 0 unspecified atom stereocenters. The van der Waals surface area contributed by atoms with Crippen LogP contribution in [-0.2, 0) is 20.8 Å². The van der Waals surface area contributed by atoms with Gasteiger partial charge in [-0.25, -0.2) is 4.98 Å². The largest absolute Gasteiger partial charge is 0.378 e. The van der Waals surface area contributed by atoms with E-state index in [2.05, 4.69) is 32.6 Å². The molecule has 0 saturated carbocycles. The van der Waals surface area contributed by atoms with Crippen molar-refractivity contribution >= 4 is 28.6 Å². The van der Waals surface area contributed by atoms with Crippen molar-refractivity contribution in [2.75, 3.05) is 58.0 Å². The number of nitrogens with zero attached hydrogens (tertiary/aromatic N) is 4. The van der Waals surface area contributed by atoms with E-state index in [1.807, 2.05) is 41.5 Å². The monoisotopic (exact) mass is 536 g/mol. The quantitative estimate of drug-likeness (QED) is 0.149. The average molecular weight is 537 g/mol. The molecule has 0 fully saturated rings. The van der Waals surface area contributed by atoms with Gasteiger partial charge in [0.25, 0.3) is 5.91 Å². The standard InChI is InChI=1S/C27H36N8O4/c1-2-11-35-19-21(18-31-35)24-23-7-9-29-25(23)34-27(33-24)32-22-5-3-20(4-6-22)26(36)30-10-13-38-15-17-39-16-14-37-12-8-28/h3-7,9,18-19H,2,8,10-17,28H2,1H3,(H,30,36)(H2,29,32,33,34). The number of hydrogen-bond donors (Lipinski definition) is 4. The van der Waals surface area contributed by atoms with Crippen molar-refractivity contribution in [3.05, 3.63) is 54.5 Å². The molecule has 0 aliphatic carbocycles. The smallest absolute Gasteiger partial charge is 0.251 e. The Labute approximate surface area is 227 Å². The number of carbonyl (C=O) groups is 1. The molecule has 12 heteroatoms. The summed E-state index contributed by atoms with van der Waals surface area (Å²) in [4.78, 5) is 25.0. The molecule has 0 spiro atoms. The number of carbonyl (C=O) groups excluding carboxylic acids is 1. The Morgan fingerprint density at radius 1 is 1.00 bits per heavy atom. The van der Waals surface area contributed by atoms with Crippen LogP contribution in [0.2, 0.25) is 0 Å². The predicted molar refractivity (Wildman–Crippen MR) is 149 cm³/mol.